The summed E-state index contributed by atoms with van der Waals surface area (Å²) in [6, 6.07) is 7.45. The Hall–Kier alpha value is -2.77. The van der Waals surface area contributed by atoms with Gasteiger partial charge < -0.3 is 11.1 Å². The Morgan fingerprint density at radius 1 is 1.30 bits per heavy atom. The molecule has 0 amide bonds. The van der Waals surface area contributed by atoms with Gasteiger partial charge in [-0.2, -0.15) is 10.1 Å². The van der Waals surface area contributed by atoms with Crippen LogP contribution in [0.3, 0.4) is 0 Å². The molecule has 1 aromatic carbocycles. The molecule has 4 N–H and O–H groups in total. The summed E-state index contributed by atoms with van der Waals surface area (Å²) in [4.78, 5) is 8.35. The van der Waals surface area contributed by atoms with Gasteiger partial charge in [0.1, 0.15) is 5.82 Å². The van der Waals surface area contributed by atoms with E-state index < -0.39 is 11.8 Å². The van der Waals surface area contributed by atoms with E-state index in [-0.39, 0.29) is 18.9 Å². The fourth-order valence-electron chi connectivity index (χ4n) is 2.58. The van der Waals surface area contributed by atoms with Crippen molar-refractivity contribution >= 4 is 22.7 Å². The molecule has 1 atom stereocenters. The van der Waals surface area contributed by atoms with Gasteiger partial charge in [-0.25, -0.2) is 13.8 Å². The minimum Gasteiger partial charge on any atom is -0.369 e. The van der Waals surface area contributed by atoms with Crippen molar-refractivity contribution in [3.63, 3.8) is 0 Å². The van der Waals surface area contributed by atoms with Crippen molar-refractivity contribution in [2.45, 2.75) is 12.3 Å². The molecule has 1 aliphatic carbocycles. The van der Waals surface area contributed by atoms with Gasteiger partial charge in [0.2, 0.25) is 5.95 Å². The number of halogens is 2. The van der Waals surface area contributed by atoms with Crippen LogP contribution in [0.2, 0.25) is 0 Å². The first kappa shape index (κ1) is 13.9. The predicted molar refractivity (Wildman–Crippen MR) is 83.1 cm³/mol. The SMILES string of the molecule is Nc1nc(NC[C@H]2CC2(F)F)c2ccc(-c3ccn[nH]3)cc2n1. The van der Waals surface area contributed by atoms with Crippen LogP contribution in [0.25, 0.3) is 22.2 Å². The molecule has 23 heavy (non-hydrogen) atoms. The Morgan fingerprint density at radius 2 is 2.13 bits per heavy atom. The lowest BCUT2D eigenvalue weighted by Gasteiger charge is -2.10. The number of nitrogens with two attached hydrogens (primary N) is 1. The second kappa shape index (κ2) is 4.87. The third-order valence-electron chi connectivity index (χ3n) is 4.00. The highest BCUT2D eigenvalue weighted by atomic mass is 19.3. The van der Waals surface area contributed by atoms with Gasteiger partial charge in [0.05, 0.1) is 11.2 Å². The summed E-state index contributed by atoms with van der Waals surface area (Å²) in [7, 11) is 0. The van der Waals surface area contributed by atoms with Crippen LogP contribution in [-0.2, 0) is 0 Å². The van der Waals surface area contributed by atoms with Crippen LogP contribution in [0.4, 0.5) is 20.5 Å². The summed E-state index contributed by atoms with van der Waals surface area (Å²) in [6.07, 6.45) is 1.58. The average molecular weight is 316 g/mol. The van der Waals surface area contributed by atoms with Gasteiger partial charge in [0.25, 0.3) is 5.92 Å². The standard InChI is InChI=1S/C15H14F2N6/c16-15(17)6-9(15)7-19-13-10-2-1-8(11-3-4-20-23-11)5-12(10)21-14(18)22-13/h1-5,9H,6-7H2,(H,20,23)(H3,18,19,21,22)/t9-/m1/s1. The Labute approximate surface area is 130 Å². The van der Waals surface area contributed by atoms with Crippen molar-refractivity contribution in [1.82, 2.24) is 20.2 Å². The lowest BCUT2D eigenvalue weighted by Crippen LogP contribution is -2.11. The molecular weight excluding hydrogens is 302 g/mol. The van der Waals surface area contributed by atoms with Crippen molar-refractivity contribution in [3.8, 4) is 11.3 Å². The number of rotatable bonds is 4. The van der Waals surface area contributed by atoms with E-state index in [1.165, 1.54) is 0 Å². The summed E-state index contributed by atoms with van der Waals surface area (Å²) in [6.45, 7) is 0.168. The first-order valence-corrected chi connectivity index (χ1v) is 7.22. The number of aromatic nitrogens is 4. The largest absolute Gasteiger partial charge is 0.369 e. The summed E-state index contributed by atoms with van der Waals surface area (Å²) in [5.74, 6) is -2.62. The number of aromatic amines is 1. The molecule has 2 aromatic heterocycles. The van der Waals surface area contributed by atoms with Crippen LogP contribution in [0.15, 0.2) is 30.5 Å². The molecule has 2 heterocycles. The topological polar surface area (TPSA) is 92.5 Å². The van der Waals surface area contributed by atoms with Gasteiger partial charge in [-0.3, -0.25) is 5.10 Å². The molecule has 8 heteroatoms. The minimum atomic E-state index is -2.56. The van der Waals surface area contributed by atoms with Gasteiger partial charge >= 0.3 is 0 Å². The van der Waals surface area contributed by atoms with E-state index in [0.29, 0.717) is 11.3 Å². The van der Waals surface area contributed by atoms with Crippen molar-refractivity contribution in [2.75, 3.05) is 17.6 Å². The van der Waals surface area contributed by atoms with Crippen molar-refractivity contribution in [1.29, 1.82) is 0 Å². The second-order valence-electron chi connectivity index (χ2n) is 5.68. The number of H-pyrrole nitrogens is 1. The molecule has 6 nitrogen and oxygen atoms in total. The Balaban J connectivity index is 1.67. The minimum absolute atomic E-state index is 0.0809. The predicted octanol–water partition coefficient (Wildman–Crippen LogP) is 2.67. The maximum absolute atomic E-state index is 13.0. The Morgan fingerprint density at radius 3 is 2.83 bits per heavy atom. The number of nitrogens with zero attached hydrogens (tertiary/aromatic N) is 3. The molecule has 0 spiro atoms. The van der Waals surface area contributed by atoms with E-state index in [2.05, 4.69) is 25.5 Å². The molecule has 1 fully saturated rings. The molecule has 0 unspecified atom stereocenters. The fraction of sp³-hybridized carbons (Fsp3) is 0.267. The molecule has 1 aliphatic rings. The molecular formula is C15H14F2N6. The number of benzene rings is 1. The van der Waals surface area contributed by atoms with Gasteiger partial charge in [-0.15, -0.1) is 0 Å². The monoisotopic (exact) mass is 316 g/mol. The van der Waals surface area contributed by atoms with E-state index in [0.717, 1.165) is 16.6 Å². The highest BCUT2D eigenvalue weighted by Gasteiger charge is 2.56. The molecule has 118 valence electrons. The molecule has 0 radical (unpaired) electrons. The number of alkyl halides is 2. The first-order valence-electron chi connectivity index (χ1n) is 7.22. The highest BCUT2D eigenvalue weighted by Crippen LogP contribution is 2.48. The third-order valence-corrected chi connectivity index (χ3v) is 4.00. The number of fused-ring (bicyclic) bond motifs is 1. The molecule has 4 rings (SSSR count). The highest BCUT2D eigenvalue weighted by molar-refractivity contribution is 5.92. The summed E-state index contributed by atoms with van der Waals surface area (Å²) >= 11 is 0. The van der Waals surface area contributed by atoms with Gasteiger partial charge in [0, 0.05) is 36.0 Å². The average Bonchev–Trinajstić information content (AvgIpc) is 2.92. The zero-order valence-corrected chi connectivity index (χ0v) is 12.1. The van der Waals surface area contributed by atoms with Crippen LogP contribution in [0, 0.1) is 5.92 Å². The number of hydrogen-bond donors (Lipinski definition) is 3. The number of nitrogen functional groups attached to an aromatic ring is 1. The molecule has 1 saturated carbocycles. The van der Waals surface area contributed by atoms with E-state index in [4.69, 9.17) is 5.73 Å². The first-order chi connectivity index (χ1) is 11.0. The quantitative estimate of drug-likeness (QED) is 0.688. The van der Waals surface area contributed by atoms with Crippen LogP contribution < -0.4 is 11.1 Å². The van der Waals surface area contributed by atoms with Crippen molar-refractivity contribution < 1.29 is 8.78 Å². The van der Waals surface area contributed by atoms with Crippen molar-refractivity contribution in [2.24, 2.45) is 5.92 Å². The smallest absolute Gasteiger partial charge is 0.253 e. The van der Waals surface area contributed by atoms with E-state index in [1.54, 1.807) is 6.20 Å². The summed E-state index contributed by atoms with van der Waals surface area (Å²) in [5.41, 5.74) is 8.15. The van der Waals surface area contributed by atoms with Crippen LogP contribution in [0.5, 0.6) is 0 Å². The van der Waals surface area contributed by atoms with Gasteiger partial charge in [-0.1, -0.05) is 6.07 Å². The van der Waals surface area contributed by atoms with Crippen LogP contribution >= 0.6 is 0 Å². The van der Waals surface area contributed by atoms with Gasteiger partial charge in [0.15, 0.2) is 0 Å². The molecule has 0 bridgehead atoms. The lowest BCUT2D eigenvalue weighted by atomic mass is 10.1. The summed E-state index contributed by atoms with van der Waals surface area (Å²) < 4.78 is 26.0. The summed E-state index contributed by atoms with van der Waals surface area (Å²) in [5, 5.41) is 10.5. The van der Waals surface area contributed by atoms with Gasteiger partial charge in [-0.05, 0) is 18.2 Å². The maximum Gasteiger partial charge on any atom is 0.253 e. The normalized spacial score (nSPS) is 19.0. The second-order valence-corrected chi connectivity index (χ2v) is 5.68. The van der Waals surface area contributed by atoms with E-state index in [1.807, 2.05) is 24.3 Å². The molecule has 0 aliphatic heterocycles. The Bertz CT molecular complexity index is 862. The molecule has 3 aromatic rings. The van der Waals surface area contributed by atoms with Crippen molar-refractivity contribution in [3.05, 3.63) is 30.5 Å². The zero-order valence-electron chi connectivity index (χ0n) is 12.1. The lowest BCUT2D eigenvalue weighted by molar-refractivity contribution is 0.101. The zero-order chi connectivity index (χ0) is 16.0. The van der Waals surface area contributed by atoms with Crippen LogP contribution in [0.1, 0.15) is 6.42 Å². The third kappa shape index (κ3) is 2.56. The Kier molecular flexibility index (Phi) is 2.93. The number of anilines is 2. The maximum atomic E-state index is 13.0. The molecule has 0 saturated heterocycles. The fourth-order valence-corrected chi connectivity index (χ4v) is 2.58. The number of hydrogen-bond acceptors (Lipinski definition) is 5. The van der Waals surface area contributed by atoms with E-state index in [9.17, 15) is 8.78 Å². The number of nitrogens with one attached hydrogen (secondary N) is 2. The van der Waals surface area contributed by atoms with Crippen LogP contribution in [-0.4, -0.2) is 32.6 Å². The van der Waals surface area contributed by atoms with E-state index >= 15 is 0 Å².